The Morgan fingerprint density at radius 3 is 2.76 bits per heavy atom. The van der Waals surface area contributed by atoms with Crippen LogP contribution in [0.1, 0.15) is 44.0 Å². The van der Waals surface area contributed by atoms with Crippen LogP contribution in [0.3, 0.4) is 0 Å². The molecule has 0 bridgehead atoms. The van der Waals surface area contributed by atoms with Crippen LogP contribution in [0.5, 0.6) is 0 Å². The van der Waals surface area contributed by atoms with E-state index < -0.39 is 0 Å². The lowest BCUT2D eigenvalue weighted by Crippen LogP contribution is -2.18. The molecule has 0 amide bonds. The maximum atomic E-state index is 11.9. The molecule has 1 saturated carbocycles. The fourth-order valence-electron chi connectivity index (χ4n) is 2.32. The van der Waals surface area contributed by atoms with Crippen molar-refractivity contribution in [3.05, 3.63) is 16.4 Å². The molecule has 3 nitrogen and oxygen atoms in total. The average Bonchev–Trinajstić information content (AvgIpc) is 2.51. The SMILES string of the molecule is CCn1nc(C)c(Cl)c1CC(=O)CC1CCC1. The molecule has 94 valence electrons. The van der Waals surface area contributed by atoms with Gasteiger partial charge in [-0.15, -0.1) is 0 Å². The highest BCUT2D eigenvalue weighted by Gasteiger charge is 2.22. The standard InChI is InChI=1S/C13H19ClN2O/c1-3-16-12(13(14)9(2)15-16)8-11(17)7-10-5-4-6-10/h10H,3-8H2,1-2H3. The number of aromatic nitrogens is 2. The van der Waals surface area contributed by atoms with E-state index in [9.17, 15) is 4.79 Å². The molecule has 1 aromatic heterocycles. The van der Waals surface area contributed by atoms with Gasteiger partial charge in [0.15, 0.2) is 0 Å². The van der Waals surface area contributed by atoms with Gasteiger partial charge in [-0.3, -0.25) is 9.48 Å². The molecule has 0 spiro atoms. The van der Waals surface area contributed by atoms with E-state index in [-0.39, 0.29) is 0 Å². The smallest absolute Gasteiger partial charge is 0.139 e. The normalized spacial score (nSPS) is 15.9. The number of halogens is 1. The van der Waals surface area contributed by atoms with Gasteiger partial charge in [0.05, 0.1) is 16.4 Å². The van der Waals surface area contributed by atoms with Crippen molar-refractivity contribution in [1.29, 1.82) is 0 Å². The van der Waals surface area contributed by atoms with E-state index in [0.29, 0.717) is 29.6 Å². The lowest BCUT2D eigenvalue weighted by Gasteiger charge is -2.24. The second-order valence-corrected chi connectivity index (χ2v) is 5.26. The van der Waals surface area contributed by atoms with Crippen LogP contribution in [0, 0.1) is 12.8 Å². The molecule has 1 aliphatic carbocycles. The van der Waals surface area contributed by atoms with Crippen molar-refractivity contribution in [3.63, 3.8) is 0 Å². The van der Waals surface area contributed by atoms with Crippen molar-refractivity contribution in [1.82, 2.24) is 9.78 Å². The minimum atomic E-state index is 0.297. The number of carbonyl (C=O) groups excluding carboxylic acids is 1. The molecule has 1 aromatic rings. The monoisotopic (exact) mass is 254 g/mol. The van der Waals surface area contributed by atoms with Gasteiger partial charge in [0, 0.05) is 19.4 Å². The average molecular weight is 255 g/mol. The number of ketones is 1. The molecule has 0 N–H and O–H groups in total. The molecule has 0 aromatic carbocycles. The van der Waals surface area contributed by atoms with E-state index in [1.165, 1.54) is 19.3 Å². The first-order chi connectivity index (χ1) is 8.11. The summed E-state index contributed by atoms with van der Waals surface area (Å²) < 4.78 is 1.84. The lowest BCUT2D eigenvalue weighted by atomic mass is 9.81. The van der Waals surface area contributed by atoms with Gasteiger partial charge < -0.3 is 0 Å². The fraction of sp³-hybridized carbons (Fsp3) is 0.692. The summed E-state index contributed by atoms with van der Waals surface area (Å²) >= 11 is 6.19. The number of Topliss-reactive ketones (excluding diaryl/α,β-unsaturated/α-hetero) is 1. The molecular weight excluding hydrogens is 236 g/mol. The van der Waals surface area contributed by atoms with Crippen LogP contribution in [-0.2, 0) is 17.8 Å². The van der Waals surface area contributed by atoms with Crippen molar-refractivity contribution in [2.24, 2.45) is 5.92 Å². The molecule has 2 rings (SSSR count). The molecule has 0 unspecified atom stereocenters. The molecule has 1 heterocycles. The Bertz CT molecular complexity index is 421. The Morgan fingerprint density at radius 2 is 2.24 bits per heavy atom. The lowest BCUT2D eigenvalue weighted by molar-refractivity contribution is -0.120. The highest BCUT2D eigenvalue weighted by Crippen LogP contribution is 2.30. The van der Waals surface area contributed by atoms with E-state index in [1.807, 2.05) is 18.5 Å². The van der Waals surface area contributed by atoms with Gasteiger partial charge in [0.25, 0.3) is 0 Å². The van der Waals surface area contributed by atoms with E-state index in [0.717, 1.165) is 17.9 Å². The fourth-order valence-corrected chi connectivity index (χ4v) is 2.52. The predicted octanol–water partition coefficient (Wildman–Crippen LogP) is 3.17. The first-order valence-corrected chi connectivity index (χ1v) is 6.73. The Hall–Kier alpha value is -0.830. The van der Waals surface area contributed by atoms with Crippen molar-refractivity contribution in [2.45, 2.75) is 52.5 Å². The van der Waals surface area contributed by atoms with Crippen LogP contribution >= 0.6 is 11.6 Å². The van der Waals surface area contributed by atoms with Gasteiger partial charge in [-0.2, -0.15) is 5.10 Å². The minimum Gasteiger partial charge on any atom is -0.299 e. The van der Waals surface area contributed by atoms with Crippen LogP contribution in [0.2, 0.25) is 5.02 Å². The summed E-state index contributed by atoms with van der Waals surface area (Å²) in [5.74, 6) is 0.923. The van der Waals surface area contributed by atoms with Crippen molar-refractivity contribution in [2.75, 3.05) is 0 Å². The van der Waals surface area contributed by atoms with Gasteiger partial charge in [-0.1, -0.05) is 30.9 Å². The molecule has 0 saturated heterocycles. The third kappa shape index (κ3) is 2.71. The first kappa shape index (κ1) is 12.6. The molecular formula is C13H19ClN2O. The van der Waals surface area contributed by atoms with Gasteiger partial charge in [0.2, 0.25) is 0 Å². The van der Waals surface area contributed by atoms with E-state index in [4.69, 9.17) is 11.6 Å². The largest absolute Gasteiger partial charge is 0.299 e. The highest BCUT2D eigenvalue weighted by molar-refractivity contribution is 6.32. The van der Waals surface area contributed by atoms with Crippen molar-refractivity contribution < 1.29 is 4.79 Å². The molecule has 1 aliphatic rings. The summed E-state index contributed by atoms with van der Waals surface area (Å²) in [5.41, 5.74) is 1.70. The Morgan fingerprint density at radius 1 is 1.53 bits per heavy atom. The summed E-state index contributed by atoms with van der Waals surface area (Å²) in [6.45, 7) is 4.66. The second kappa shape index (κ2) is 5.21. The van der Waals surface area contributed by atoms with Gasteiger partial charge in [-0.25, -0.2) is 0 Å². The predicted molar refractivity (Wildman–Crippen MR) is 68.3 cm³/mol. The second-order valence-electron chi connectivity index (χ2n) is 4.88. The quantitative estimate of drug-likeness (QED) is 0.809. The van der Waals surface area contributed by atoms with E-state index >= 15 is 0 Å². The molecule has 0 atom stereocenters. The number of hydrogen-bond acceptors (Lipinski definition) is 2. The highest BCUT2D eigenvalue weighted by atomic mass is 35.5. The van der Waals surface area contributed by atoms with Gasteiger partial charge >= 0.3 is 0 Å². The Labute approximate surface area is 107 Å². The Balaban J connectivity index is 2.03. The summed E-state index contributed by atoms with van der Waals surface area (Å²) in [5, 5.41) is 4.99. The third-order valence-electron chi connectivity index (χ3n) is 3.56. The van der Waals surface area contributed by atoms with E-state index in [1.54, 1.807) is 0 Å². The van der Waals surface area contributed by atoms with Crippen LogP contribution in [0.15, 0.2) is 0 Å². The summed E-state index contributed by atoms with van der Waals surface area (Å²) in [4.78, 5) is 11.9. The van der Waals surface area contributed by atoms with Crippen LogP contribution in [-0.4, -0.2) is 15.6 Å². The summed E-state index contributed by atoms with van der Waals surface area (Å²) in [7, 11) is 0. The maximum Gasteiger partial charge on any atom is 0.139 e. The van der Waals surface area contributed by atoms with Gasteiger partial charge in [0.1, 0.15) is 5.78 Å². The summed E-state index contributed by atoms with van der Waals surface area (Å²) in [6, 6.07) is 0. The van der Waals surface area contributed by atoms with Crippen LogP contribution in [0.25, 0.3) is 0 Å². The van der Waals surface area contributed by atoms with Crippen molar-refractivity contribution in [3.8, 4) is 0 Å². The molecule has 4 heteroatoms. The maximum absolute atomic E-state index is 11.9. The van der Waals surface area contributed by atoms with Crippen LogP contribution < -0.4 is 0 Å². The molecule has 1 fully saturated rings. The van der Waals surface area contributed by atoms with Gasteiger partial charge in [-0.05, 0) is 19.8 Å². The van der Waals surface area contributed by atoms with E-state index in [2.05, 4.69) is 5.10 Å². The van der Waals surface area contributed by atoms with Crippen LogP contribution in [0.4, 0.5) is 0 Å². The number of nitrogens with zero attached hydrogens (tertiary/aromatic N) is 2. The topological polar surface area (TPSA) is 34.9 Å². The Kier molecular flexibility index (Phi) is 3.87. The first-order valence-electron chi connectivity index (χ1n) is 6.35. The zero-order chi connectivity index (χ0) is 12.4. The summed E-state index contributed by atoms with van der Waals surface area (Å²) in [6.07, 6.45) is 4.86. The molecule has 0 radical (unpaired) electrons. The van der Waals surface area contributed by atoms with Crippen molar-refractivity contribution >= 4 is 17.4 Å². The zero-order valence-electron chi connectivity index (χ0n) is 10.5. The number of rotatable bonds is 5. The number of aryl methyl sites for hydroxylation is 2. The zero-order valence-corrected chi connectivity index (χ0v) is 11.3. The third-order valence-corrected chi connectivity index (χ3v) is 4.05. The molecule has 0 aliphatic heterocycles. The minimum absolute atomic E-state index is 0.297. The molecule has 17 heavy (non-hydrogen) atoms. The number of hydrogen-bond donors (Lipinski definition) is 0. The number of carbonyl (C=O) groups is 1.